The van der Waals surface area contributed by atoms with E-state index in [1.54, 1.807) is 37.6 Å². The number of methoxy groups -OCH3 is 1. The minimum absolute atomic E-state index is 0.122. The predicted molar refractivity (Wildman–Crippen MR) is 121 cm³/mol. The zero-order valence-corrected chi connectivity index (χ0v) is 17.2. The van der Waals surface area contributed by atoms with Gasteiger partial charge in [-0.05, 0) is 48.5 Å². The number of ether oxygens (including phenoxy) is 1. The molecule has 4 aromatic rings. The quantitative estimate of drug-likeness (QED) is 0.230. The third-order valence-corrected chi connectivity index (χ3v) is 4.29. The number of anilines is 4. The highest BCUT2D eigenvalue weighted by atomic mass is 16.5. The summed E-state index contributed by atoms with van der Waals surface area (Å²) in [6.45, 7) is 0.402. The summed E-state index contributed by atoms with van der Waals surface area (Å²) in [6, 6.07) is 17.9. The second-order valence-electron chi connectivity index (χ2n) is 6.52. The molecule has 0 radical (unpaired) electrons. The van der Waals surface area contributed by atoms with Crippen molar-refractivity contribution in [2.45, 2.75) is 6.54 Å². The number of phenols is 1. The third-order valence-electron chi connectivity index (χ3n) is 4.29. The Kier molecular flexibility index (Phi) is 6.42. The Morgan fingerprint density at radius 1 is 0.969 bits per heavy atom. The molecule has 2 aromatic heterocycles. The van der Waals surface area contributed by atoms with E-state index in [-0.39, 0.29) is 11.7 Å². The summed E-state index contributed by atoms with van der Waals surface area (Å²) in [6.07, 6.45) is 3.08. The van der Waals surface area contributed by atoms with Gasteiger partial charge in [0.15, 0.2) is 0 Å². The summed E-state index contributed by atoms with van der Waals surface area (Å²) >= 11 is 0. The fraction of sp³-hybridized carbons (Fsp3) is 0.0909. The lowest BCUT2D eigenvalue weighted by Gasteiger charge is -2.10. The molecule has 0 saturated heterocycles. The van der Waals surface area contributed by atoms with Gasteiger partial charge in [-0.1, -0.05) is 12.1 Å². The SMILES string of the molecule is COc1ccc(Nc2nc(NCc3ccco3)nc(NN=Cc3ccccc3O)n2)cc1. The average Bonchev–Trinajstić information content (AvgIpc) is 3.33. The summed E-state index contributed by atoms with van der Waals surface area (Å²) in [5, 5.41) is 20.2. The molecular formula is C22H21N7O3. The zero-order chi connectivity index (χ0) is 22.2. The second kappa shape index (κ2) is 9.94. The molecule has 10 nitrogen and oxygen atoms in total. The number of furan rings is 1. The molecule has 162 valence electrons. The van der Waals surface area contributed by atoms with Crippen molar-refractivity contribution in [2.24, 2.45) is 5.10 Å². The van der Waals surface area contributed by atoms with Crippen LogP contribution >= 0.6 is 0 Å². The molecule has 0 atom stereocenters. The first-order valence-corrected chi connectivity index (χ1v) is 9.70. The first kappa shape index (κ1) is 20.7. The molecule has 32 heavy (non-hydrogen) atoms. The number of phenolic OH excluding ortho intramolecular Hbond substituents is 1. The van der Waals surface area contributed by atoms with Gasteiger partial charge < -0.3 is 24.9 Å². The molecule has 0 bridgehead atoms. The van der Waals surface area contributed by atoms with Gasteiger partial charge in [0.25, 0.3) is 0 Å². The summed E-state index contributed by atoms with van der Waals surface area (Å²) in [5.74, 6) is 2.45. The molecule has 10 heteroatoms. The van der Waals surface area contributed by atoms with Gasteiger partial charge in [0, 0.05) is 11.3 Å². The van der Waals surface area contributed by atoms with E-state index in [1.165, 1.54) is 6.21 Å². The van der Waals surface area contributed by atoms with Crippen molar-refractivity contribution in [1.82, 2.24) is 15.0 Å². The van der Waals surface area contributed by atoms with Gasteiger partial charge in [0.1, 0.15) is 17.3 Å². The highest BCUT2D eigenvalue weighted by molar-refractivity contribution is 5.83. The fourth-order valence-electron chi connectivity index (χ4n) is 2.70. The molecule has 2 heterocycles. The molecular weight excluding hydrogens is 410 g/mol. The van der Waals surface area contributed by atoms with Crippen molar-refractivity contribution in [1.29, 1.82) is 0 Å². The monoisotopic (exact) mass is 431 g/mol. The van der Waals surface area contributed by atoms with E-state index in [0.717, 1.165) is 17.2 Å². The van der Waals surface area contributed by atoms with Crippen LogP contribution < -0.4 is 20.8 Å². The zero-order valence-electron chi connectivity index (χ0n) is 17.2. The summed E-state index contributed by atoms with van der Waals surface area (Å²) < 4.78 is 10.5. The Morgan fingerprint density at radius 2 is 1.75 bits per heavy atom. The van der Waals surface area contributed by atoms with E-state index in [0.29, 0.717) is 24.0 Å². The van der Waals surface area contributed by atoms with Crippen LogP contribution in [0.15, 0.2) is 76.4 Å². The molecule has 0 aliphatic carbocycles. The molecule has 0 amide bonds. The topological polar surface area (TPSA) is 130 Å². The van der Waals surface area contributed by atoms with Crippen LogP contribution in [0.1, 0.15) is 11.3 Å². The molecule has 0 aliphatic heterocycles. The van der Waals surface area contributed by atoms with Crippen molar-refractivity contribution in [3.05, 3.63) is 78.3 Å². The number of para-hydroxylation sites is 1. The van der Waals surface area contributed by atoms with E-state index in [1.807, 2.05) is 36.4 Å². The fourth-order valence-corrected chi connectivity index (χ4v) is 2.70. The van der Waals surface area contributed by atoms with Crippen molar-refractivity contribution in [2.75, 3.05) is 23.2 Å². The number of hydrogen-bond acceptors (Lipinski definition) is 10. The van der Waals surface area contributed by atoms with E-state index >= 15 is 0 Å². The van der Waals surface area contributed by atoms with E-state index in [9.17, 15) is 5.11 Å². The number of benzene rings is 2. The van der Waals surface area contributed by atoms with Crippen LogP contribution in [0.4, 0.5) is 23.5 Å². The van der Waals surface area contributed by atoms with Gasteiger partial charge in [-0.25, -0.2) is 5.43 Å². The summed E-state index contributed by atoms with van der Waals surface area (Å²) in [4.78, 5) is 13.1. The number of aromatic hydroxyl groups is 1. The predicted octanol–water partition coefficient (Wildman–Crippen LogP) is 3.98. The van der Waals surface area contributed by atoms with Gasteiger partial charge in [-0.15, -0.1) is 0 Å². The smallest absolute Gasteiger partial charge is 0.250 e. The number of aromatic nitrogens is 3. The van der Waals surface area contributed by atoms with Crippen molar-refractivity contribution < 1.29 is 14.3 Å². The highest BCUT2D eigenvalue weighted by Gasteiger charge is 2.08. The molecule has 0 spiro atoms. The molecule has 0 unspecified atom stereocenters. The molecule has 0 saturated carbocycles. The Bertz CT molecular complexity index is 1180. The number of rotatable bonds is 9. The maximum atomic E-state index is 9.86. The summed E-state index contributed by atoms with van der Waals surface area (Å²) in [5.41, 5.74) is 4.10. The number of nitrogens with zero attached hydrogens (tertiary/aromatic N) is 4. The van der Waals surface area contributed by atoms with E-state index in [4.69, 9.17) is 9.15 Å². The van der Waals surface area contributed by atoms with Crippen LogP contribution in [0, 0.1) is 0 Å². The Hall–Kier alpha value is -4.60. The molecule has 0 aliphatic rings. The number of hydrogen-bond donors (Lipinski definition) is 4. The van der Waals surface area contributed by atoms with E-state index in [2.05, 4.69) is 36.1 Å². The van der Waals surface area contributed by atoms with Crippen LogP contribution in [0.25, 0.3) is 0 Å². The average molecular weight is 431 g/mol. The minimum Gasteiger partial charge on any atom is -0.507 e. The lowest BCUT2D eigenvalue weighted by molar-refractivity contribution is 0.415. The maximum absolute atomic E-state index is 9.86. The third kappa shape index (κ3) is 5.51. The van der Waals surface area contributed by atoms with Crippen LogP contribution in [0.2, 0.25) is 0 Å². The molecule has 4 rings (SSSR count). The van der Waals surface area contributed by atoms with Crippen molar-refractivity contribution in [3.63, 3.8) is 0 Å². The maximum Gasteiger partial charge on any atom is 0.250 e. The van der Waals surface area contributed by atoms with Crippen LogP contribution in [0.5, 0.6) is 11.5 Å². The van der Waals surface area contributed by atoms with Gasteiger partial charge in [-0.2, -0.15) is 20.1 Å². The first-order chi connectivity index (χ1) is 15.7. The van der Waals surface area contributed by atoms with Gasteiger partial charge >= 0.3 is 0 Å². The largest absolute Gasteiger partial charge is 0.507 e. The Balaban J connectivity index is 1.53. The molecule has 0 fully saturated rings. The van der Waals surface area contributed by atoms with Gasteiger partial charge in [0.05, 0.1) is 26.1 Å². The second-order valence-corrected chi connectivity index (χ2v) is 6.52. The Morgan fingerprint density at radius 3 is 2.50 bits per heavy atom. The van der Waals surface area contributed by atoms with Crippen LogP contribution in [-0.4, -0.2) is 33.4 Å². The van der Waals surface area contributed by atoms with Gasteiger partial charge in [-0.3, -0.25) is 0 Å². The molecule has 2 aromatic carbocycles. The van der Waals surface area contributed by atoms with Gasteiger partial charge in [0.2, 0.25) is 17.8 Å². The lowest BCUT2D eigenvalue weighted by Crippen LogP contribution is -2.09. The summed E-state index contributed by atoms with van der Waals surface area (Å²) in [7, 11) is 1.61. The highest BCUT2D eigenvalue weighted by Crippen LogP contribution is 2.20. The Labute approximate surface area is 184 Å². The first-order valence-electron chi connectivity index (χ1n) is 9.70. The van der Waals surface area contributed by atoms with Crippen LogP contribution in [-0.2, 0) is 6.54 Å². The molecule has 4 N–H and O–H groups in total. The van der Waals surface area contributed by atoms with Crippen molar-refractivity contribution >= 4 is 29.7 Å². The minimum atomic E-state index is 0.122. The number of nitrogens with one attached hydrogen (secondary N) is 3. The number of hydrazone groups is 1. The van der Waals surface area contributed by atoms with Crippen molar-refractivity contribution in [3.8, 4) is 11.5 Å². The van der Waals surface area contributed by atoms with Crippen LogP contribution in [0.3, 0.4) is 0 Å². The lowest BCUT2D eigenvalue weighted by atomic mass is 10.2. The van der Waals surface area contributed by atoms with E-state index < -0.39 is 0 Å². The standard InChI is InChI=1S/C22H21N7O3/c1-31-17-10-8-16(9-11-17)25-21-26-20(23-14-18-6-4-12-32-18)27-22(28-21)29-24-13-15-5-2-3-7-19(15)30/h2-13,30H,14H2,1H3,(H3,23,25,26,27,28,29). The normalized spacial score (nSPS) is 10.8.